The summed E-state index contributed by atoms with van der Waals surface area (Å²) in [5, 5.41) is 4.81. The maximum atomic E-state index is 7.08. The highest BCUT2D eigenvalue weighted by Crippen LogP contribution is 2.53. The molecule has 0 unspecified atom stereocenters. The summed E-state index contributed by atoms with van der Waals surface area (Å²) < 4.78 is 11.9. The first-order valence-electron chi connectivity index (χ1n) is 27.0. The van der Waals surface area contributed by atoms with Gasteiger partial charge in [0.2, 0.25) is 0 Å². The number of para-hydroxylation sites is 3. The van der Waals surface area contributed by atoms with E-state index in [0.717, 1.165) is 50.8 Å². The SMILES string of the molecule is Cc1cc2c(cc1C)N(c1c(-c3ccccc3)cccc1-c1ccccc1)CN2c1cccc(Oc2ccc3c4c5c(ccc4n(-c4cc(C(C)(C)C)ccn4)c3c2)-n2c3ccccc3c3cccc(c32)-c2ccccc2-5)c1. The fourth-order valence-electron chi connectivity index (χ4n) is 12.6. The normalized spacial score (nSPS) is 12.8. The van der Waals surface area contributed by atoms with Crippen LogP contribution in [-0.2, 0) is 5.41 Å². The molecule has 3 aromatic heterocycles. The lowest BCUT2D eigenvalue weighted by atomic mass is 9.88. The maximum Gasteiger partial charge on any atom is 0.137 e. The summed E-state index contributed by atoms with van der Waals surface area (Å²) in [5.41, 5.74) is 23.5. The summed E-state index contributed by atoms with van der Waals surface area (Å²) in [6.07, 6.45) is 1.96. The van der Waals surface area contributed by atoms with E-state index in [1.165, 1.54) is 99.8 Å². The number of aromatic nitrogens is 3. The Morgan fingerprint density at radius 2 is 1.06 bits per heavy atom. The number of benzene rings is 10. The Bertz CT molecular complexity index is 4520. The van der Waals surface area contributed by atoms with E-state index in [0.29, 0.717) is 6.67 Å². The number of fused-ring (bicyclic) bond motifs is 13. The fraction of sp³-hybridized carbons (Fsp3) is 0.0972. The van der Waals surface area contributed by atoms with Crippen molar-refractivity contribution in [1.82, 2.24) is 14.1 Å². The minimum absolute atomic E-state index is 0.0851. The predicted molar refractivity (Wildman–Crippen MR) is 325 cm³/mol. The topological polar surface area (TPSA) is 38.5 Å². The molecule has 0 spiro atoms. The number of hydrogen-bond donors (Lipinski definition) is 0. The van der Waals surface area contributed by atoms with Gasteiger partial charge in [0.1, 0.15) is 24.0 Å². The molecule has 2 aliphatic rings. The lowest BCUT2D eigenvalue weighted by Crippen LogP contribution is -2.25. The average molecular weight is 1010 g/mol. The highest BCUT2D eigenvalue weighted by atomic mass is 16.5. The molecule has 2 aliphatic heterocycles. The Labute approximate surface area is 454 Å². The van der Waals surface area contributed by atoms with Crippen LogP contribution in [0.5, 0.6) is 11.5 Å². The Morgan fingerprint density at radius 3 is 1.82 bits per heavy atom. The van der Waals surface area contributed by atoms with Gasteiger partial charge in [-0.25, -0.2) is 4.98 Å². The fourth-order valence-corrected chi connectivity index (χ4v) is 12.6. The van der Waals surface area contributed by atoms with Crippen LogP contribution in [0, 0.1) is 13.8 Å². The number of ether oxygens (including phenoxy) is 1. The van der Waals surface area contributed by atoms with Crippen LogP contribution in [0.3, 0.4) is 0 Å². The van der Waals surface area contributed by atoms with Gasteiger partial charge in [0.15, 0.2) is 0 Å². The Kier molecular flexibility index (Phi) is 10.2. The van der Waals surface area contributed by atoms with Crippen molar-refractivity contribution in [2.24, 2.45) is 0 Å². The third kappa shape index (κ3) is 7.06. The molecule has 15 rings (SSSR count). The van der Waals surface area contributed by atoms with Gasteiger partial charge >= 0.3 is 0 Å². The molecule has 0 atom stereocenters. The molecule has 5 heterocycles. The summed E-state index contributed by atoms with van der Waals surface area (Å²) in [5.74, 6) is 2.37. The van der Waals surface area contributed by atoms with Crippen molar-refractivity contribution in [2.45, 2.75) is 40.0 Å². The van der Waals surface area contributed by atoms with Crippen LogP contribution in [0.2, 0.25) is 0 Å². The first-order valence-corrected chi connectivity index (χ1v) is 27.0. The number of nitrogens with zero attached hydrogens (tertiary/aromatic N) is 5. The first kappa shape index (κ1) is 45.7. The van der Waals surface area contributed by atoms with Crippen LogP contribution in [0.25, 0.3) is 99.6 Å². The lowest BCUT2D eigenvalue weighted by Gasteiger charge is -2.27. The van der Waals surface area contributed by atoms with E-state index in [2.05, 4.69) is 278 Å². The first-order chi connectivity index (χ1) is 38.2. The van der Waals surface area contributed by atoms with E-state index < -0.39 is 0 Å². The molecule has 0 saturated heterocycles. The molecule has 0 radical (unpaired) electrons. The van der Waals surface area contributed by atoms with Crippen molar-refractivity contribution in [2.75, 3.05) is 16.5 Å². The molecule has 6 heteroatoms. The van der Waals surface area contributed by atoms with Crippen molar-refractivity contribution in [3.63, 3.8) is 0 Å². The zero-order chi connectivity index (χ0) is 52.4. The quantitative estimate of drug-likeness (QED) is 0.159. The van der Waals surface area contributed by atoms with Crippen LogP contribution >= 0.6 is 0 Å². The van der Waals surface area contributed by atoms with Gasteiger partial charge in [0.25, 0.3) is 0 Å². The molecule has 10 aromatic carbocycles. The van der Waals surface area contributed by atoms with E-state index in [9.17, 15) is 0 Å². The number of anilines is 4. The van der Waals surface area contributed by atoms with Gasteiger partial charge in [-0.05, 0) is 125 Å². The number of pyridine rings is 1. The summed E-state index contributed by atoms with van der Waals surface area (Å²) in [6.45, 7) is 11.8. The largest absolute Gasteiger partial charge is 0.457 e. The molecule has 6 nitrogen and oxygen atoms in total. The molecule has 78 heavy (non-hydrogen) atoms. The van der Waals surface area contributed by atoms with Crippen LogP contribution in [0.15, 0.2) is 231 Å². The zero-order valence-electron chi connectivity index (χ0n) is 44.3. The van der Waals surface area contributed by atoms with Crippen molar-refractivity contribution in [1.29, 1.82) is 0 Å². The van der Waals surface area contributed by atoms with E-state index in [4.69, 9.17) is 9.72 Å². The molecular weight excluding hydrogens is 951 g/mol. The third-order valence-electron chi connectivity index (χ3n) is 16.4. The molecule has 0 amide bonds. The van der Waals surface area contributed by atoms with E-state index in [-0.39, 0.29) is 5.41 Å². The second-order valence-corrected chi connectivity index (χ2v) is 22.1. The zero-order valence-corrected chi connectivity index (χ0v) is 44.3. The Morgan fingerprint density at radius 1 is 0.436 bits per heavy atom. The van der Waals surface area contributed by atoms with Gasteiger partial charge < -0.3 is 19.1 Å². The van der Waals surface area contributed by atoms with Crippen LogP contribution in [0.1, 0.15) is 37.5 Å². The van der Waals surface area contributed by atoms with Gasteiger partial charge in [-0.1, -0.05) is 166 Å². The van der Waals surface area contributed by atoms with E-state index in [1.54, 1.807) is 0 Å². The van der Waals surface area contributed by atoms with Gasteiger partial charge in [0.05, 0.1) is 44.8 Å². The molecule has 0 fully saturated rings. The van der Waals surface area contributed by atoms with Crippen molar-refractivity contribution in [3.8, 4) is 67.5 Å². The highest BCUT2D eigenvalue weighted by molar-refractivity contribution is 6.23. The lowest BCUT2D eigenvalue weighted by molar-refractivity contribution is 0.483. The number of hydrogen-bond acceptors (Lipinski definition) is 4. The molecule has 374 valence electrons. The van der Waals surface area contributed by atoms with Gasteiger partial charge in [-0.15, -0.1) is 0 Å². The average Bonchev–Trinajstić information content (AvgIpc) is 4.32. The molecule has 0 aliphatic carbocycles. The van der Waals surface area contributed by atoms with E-state index in [1.807, 2.05) is 6.20 Å². The molecule has 13 aromatic rings. The van der Waals surface area contributed by atoms with Gasteiger partial charge in [0, 0.05) is 67.8 Å². The van der Waals surface area contributed by atoms with Crippen LogP contribution < -0.4 is 14.5 Å². The molecule has 0 saturated carbocycles. The summed E-state index contributed by atoms with van der Waals surface area (Å²) in [4.78, 5) is 10.1. The van der Waals surface area contributed by atoms with Crippen LogP contribution in [0.4, 0.5) is 22.7 Å². The standard InChI is InChI=1S/C72H55N5O/c1-45-39-65-66(40-46(45)2)75(70-53(47-19-8-6-9-20-47)28-17-29-54(70)48-21-10-7-11-22-48)44-74(65)50-23-16-24-51(42-50)78-52-33-34-60-64(43-52)76(67-41-49(37-38-73-67)72(3,4)5)62-35-36-63-68(69(60)62)57-27-13-12-25-55(57)58-30-18-31-59-56-26-14-15-32-61(56)77(63)71(58)59/h6-43H,44H2,1-5H3. The van der Waals surface area contributed by atoms with Gasteiger partial charge in [-0.2, -0.15) is 0 Å². The second-order valence-electron chi connectivity index (χ2n) is 22.1. The number of rotatable bonds is 7. The minimum atomic E-state index is -0.0851. The van der Waals surface area contributed by atoms with E-state index >= 15 is 0 Å². The summed E-state index contributed by atoms with van der Waals surface area (Å²) >= 11 is 0. The maximum absolute atomic E-state index is 7.08. The summed E-state index contributed by atoms with van der Waals surface area (Å²) in [7, 11) is 0. The second kappa shape index (κ2) is 17.5. The van der Waals surface area contributed by atoms with Gasteiger partial charge in [-0.3, -0.25) is 4.57 Å². The van der Waals surface area contributed by atoms with Crippen molar-refractivity contribution < 1.29 is 4.74 Å². The molecule has 0 bridgehead atoms. The predicted octanol–water partition coefficient (Wildman–Crippen LogP) is 19.2. The summed E-state index contributed by atoms with van der Waals surface area (Å²) in [6, 6.07) is 81.8. The van der Waals surface area contributed by atoms with Crippen molar-refractivity contribution >= 4 is 66.4 Å². The van der Waals surface area contributed by atoms with Crippen LogP contribution in [-0.4, -0.2) is 20.8 Å². The van der Waals surface area contributed by atoms with Crippen molar-refractivity contribution in [3.05, 3.63) is 247 Å². The number of aryl methyl sites for hydroxylation is 2. The molecule has 0 N–H and O–H groups in total. The smallest absolute Gasteiger partial charge is 0.137 e. The minimum Gasteiger partial charge on any atom is -0.457 e. The Balaban J connectivity index is 0.888. The molecular formula is C72H55N5O. The highest BCUT2D eigenvalue weighted by Gasteiger charge is 2.33. The monoisotopic (exact) mass is 1010 g/mol. The Hall–Kier alpha value is -9.65. The third-order valence-corrected chi connectivity index (χ3v) is 16.4.